The molecular formula is C27H28F4N4O5S. The van der Waals surface area contributed by atoms with Gasteiger partial charge >= 0.3 is 12.1 Å². The molecule has 4 N–H and O–H groups in total. The fourth-order valence-electron chi connectivity index (χ4n) is 3.86. The minimum atomic E-state index is -5.08. The van der Waals surface area contributed by atoms with Crippen LogP contribution in [0.15, 0.2) is 71.6 Å². The van der Waals surface area contributed by atoms with Crippen molar-refractivity contribution in [2.45, 2.75) is 24.5 Å². The number of rotatable bonds is 7. The number of sulfonamides is 1. The Hall–Kier alpha value is -4.17. The maximum absolute atomic E-state index is 13.3. The molecule has 0 bridgehead atoms. The van der Waals surface area contributed by atoms with E-state index < -0.39 is 28.0 Å². The molecule has 220 valence electrons. The summed E-state index contributed by atoms with van der Waals surface area (Å²) in [5, 5.41) is 13.3. The Morgan fingerprint density at radius 3 is 2.22 bits per heavy atom. The highest BCUT2D eigenvalue weighted by molar-refractivity contribution is 7.92. The van der Waals surface area contributed by atoms with E-state index >= 15 is 0 Å². The van der Waals surface area contributed by atoms with Gasteiger partial charge in [0.2, 0.25) is 0 Å². The van der Waals surface area contributed by atoms with E-state index in [1.807, 2.05) is 31.2 Å². The molecule has 1 fully saturated rings. The number of aliphatic carboxylic acids is 1. The van der Waals surface area contributed by atoms with Crippen LogP contribution in [-0.4, -0.2) is 57.8 Å². The number of hydrogen-bond donors (Lipinski definition) is 4. The second-order valence-corrected chi connectivity index (χ2v) is 10.7. The van der Waals surface area contributed by atoms with Crippen molar-refractivity contribution < 1.29 is 40.7 Å². The smallest absolute Gasteiger partial charge is 0.475 e. The first-order valence-electron chi connectivity index (χ1n) is 12.3. The molecule has 0 unspecified atom stereocenters. The Morgan fingerprint density at radius 2 is 1.63 bits per heavy atom. The lowest BCUT2D eigenvalue weighted by Crippen LogP contribution is -2.43. The van der Waals surface area contributed by atoms with Crippen molar-refractivity contribution >= 4 is 33.3 Å². The lowest BCUT2D eigenvalue weighted by atomic mass is 10.1. The van der Waals surface area contributed by atoms with Crippen LogP contribution >= 0.6 is 0 Å². The zero-order valence-electron chi connectivity index (χ0n) is 21.8. The molecule has 3 aromatic carbocycles. The number of anilines is 2. The van der Waals surface area contributed by atoms with Crippen LogP contribution in [-0.2, 0) is 21.4 Å². The van der Waals surface area contributed by atoms with Gasteiger partial charge in [0.1, 0.15) is 5.82 Å². The molecule has 0 saturated carbocycles. The van der Waals surface area contributed by atoms with Crippen LogP contribution in [0.1, 0.15) is 21.5 Å². The lowest BCUT2D eigenvalue weighted by molar-refractivity contribution is -0.192. The van der Waals surface area contributed by atoms with Crippen molar-refractivity contribution in [2.75, 3.05) is 35.8 Å². The number of alkyl halides is 3. The summed E-state index contributed by atoms with van der Waals surface area (Å²) in [5.74, 6) is -3.59. The third-order valence-corrected chi connectivity index (χ3v) is 7.24. The number of nitrogens with one attached hydrogen (secondary N) is 3. The van der Waals surface area contributed by atoms with Gasteiger partial charge in [-0.15, -0.1) is 0 Å². The van der Waals surface area contributed by atoms with Gasteiger partial charge < -0.3 is 20.6 Å². The van der Waals surface area contributed by atoms with Crippen molar-refractivity contribution in [2.24, 2.45) is 0 Å². The van der Waals surface area contributed by atoms with Crippen LogP contribution in [0.5, 0.6) is 0 Å². The topological polar surface area (TPSA) is 128 Å². The molecule has 1 saturated heterocycles. The monoisotopic (exact) mass is 596 g/mol. The molecule has 9 nitrogen and oxygen atoms in total. The first kappa shape index (κ1) is 31.4. The van der Waals surface area contributed by atoms with Crippen molar-refractivity contribution in [3.8, 4) is 0 Å². The molecule has 1 amide bonds. The van der Waals surface area contributed by atoms with Crippen LogP contribution in [0.4, 0.5) is 28.9 Å². The van der Waals surface area contributed by atoms with Gasteiger partial charge in [0, 0.05) is 38.3 Å². The summed E-state index contributed by atoms with van der Waals surface area (Å²) in [6.07, 6.45) is -5.08. The third-order valence-electron chi connectivity index (χ3n) is 5.86. The number of piperazine rings is 1. The van der Waals surface area contributed by atoms with Crippen molar-refractivity contribution in [3.63, 3.8) is 0 Å². The molecule has 0 spiro atoms. The average Bonchev–Trinajstić information content (AvgIpc) is 2.92. The second-order valence-electron chi connectivity index (χ2n) is 9.00. The number of carbonyl (C=O) groups excluding carboxylic acids is 1. The number of nitrogens with zero attached hydrogens (tertiary/aromatic N) is 1. The lowest BCUT2D eigenvalue weighted by Gasteiger charge is -2.31. The third kappa shape index (κ3) is 9.18. The maximum Gasteiger partial charge on any atom is 0.490 e. The van der Waals surface area contributed by atoms with E-state index in [0.717, 1.165) is 36.3 Å². The summed E-state index contributed by atoms with van der Waals surface area (Å²) in [7, 11) is -3.98. The molecule has 3 aromatic rings. The summed E-state index contributed by atoms with van der Waals surface area (Å²) < 4.78 is 73.6. The second kappa shape index (κ2) is 13.5. The summed E-state index contributed by atoms with van der Waals surface area (Å²) in [5.41, 5.74) is 3.40. The Bertz CT molecular complexity index is 1480. The van der Waals surface area contributed by atoms with Crippen LogP contribution in [0.25, 0.3) is 0 Å². The molecule has 0 atom stereocenters. The van der Waals surface area contributed by atoms with E-state index in [1.54, 1.807) is 18.2 Å². The van der Waals surface area contributed by atoms with Gasteiger partial charge in [0.25, 0.3) is 15.9 Å². The van der Waals surface area contributed by atoms with Gasteiger partial charge in [-0.25, -0.2) is 17.6 Å². The van der Waals surface area contributed by atoms with Crippen LogP contribution in [0.2, 0.25) is 0 Å². The predicted octanol–water partition coefficient (Wildman–Crippen LogP) is 3.91. The Kier molecular flexibility index (Phi) is 10.3. The number of carboxylic acids is 1. The van der Waals surface area contributed by atoms with Crippen LogP contribution in [0.3, 0.4) is 0 Å². The molecule has 1 heterocycles. The molecule has 0 aromatic heterocycles. The first-order chi connectivity index (χ1) is 19.3. The zero-order chi connectivity index (χ0) is 30.2. The number of halogens is 4. The standard InChI is InChI=1S/C25H27FN4O3S.C2HF3O2/c1-18-3-2-4-19(15-18)17-28-25(31)20-5-10-24(30-13-11-27-12-14-30)23(16-20)29-34(32,33)22-8-6-21(26)7-9-22;3-2(4,5)1(6)7/h2-10,15-16,27,29H,11-14,17H2,1H3,(H,28,31);(H,6,7). The minimum absolute atomic E-state index is 0.0607. The van der Waals surface area contributed by atoms with Crippen molar-refractivity contribution in [1.29, 1.82) is 0 Å². The van der Waals surface area contributed by atoms with Crippen LogP contribution < -0.4 is 20.3 Å². The largest absolute Gasteiger partial charge is 0.490 e. The number of benzene rings is 3. The van der Waals surface area contributed by atoms with Gasteiger partial charge in [0.05, 0.1) is 16.3 Å². The number of hydrogen-bond acceptors (Lipinski definition) is 6. The summed E-state index contributed by atoms with van der Waals surface area (Å²) in [6, 6.07) is 17.5. The fourth-order valence-corrected chi connectivity index (χ4v) is 4.93. The Morgan fingerprint density at radius 1 is 1.00 bits per heavy atom. The van der Waals surface area contributed by atoms with Gasteiger partial charge in [-0.3, -0.25) is 9.52 Å². The quantitative estimate of drug-likeness (QED) is 0.305. The highest BCUT2D eigenvalue weighted by Gasteiger charge is 2.38. The molecule has 0 aliphatic carbocycles. The SMILES string of the molecule is Cc1cccc(CNC(=O)c2ccc(N3CCNCC3)c(NS(=O)(=O)c3ccc(F)cc3)c2)c1.O=C(O)C(F)(F)F. The Labute approximate surface area is 234 Å². The van der Waals surface area contributed by atoms with E-state index in [9.17, 15) is 30.8 Å². The highest BCUT2D eigenvalue weighted by Crippen LogP contribution is 2.30. The molecule has 1 aliphatic rings. The fraction of sp³-hybridized carbons (Fsp3) is 0.259. The van der Waals surface area contributed by atoms with E-state index in [1.165, 1.54) is 12.1 Å². The number of aryl methyl sites for hydroxylation is 1. The van der Waals surface area contributed by atoms with Gasteiger partial charge in [-0.2, -0.15) is 13.2 Å². The highest BCUT2D eigenvalue weighted by atomic mass is 32.2. The Balaban J connectivity index is 0.000000587. The van der Waals surface area contributed by atoms with Crippen molar-refractivity contribution in [1.82, 2.24) is 10.6 Å². The molecule has 1 aliphatic heterocycles. The van der Waals surface area contributed by atoms with Crippen LogP contribution in [0, 0.1) is 12.7 Å². The van der Waals surface area contributed by atoms with E-state index in [-0.39, 0.29) is 10.8 Å². The van der Waals surface area contributed by atoms with E-state index in [2.05, 4.69) is 20.3 Å². The average molecular weight is 597 g/mol. The summed E-state index contributed by atoms with van der Waals surface area (Å²) in [6.45, 7) is 5.27. The van der Waals surface area contributed by atoms with Gasteiger partial charge in [0.15, 0.2) is 0 Å². The molecule has 4 rings (SSSR count). The molecule has 41 heavy (non-hydrogen) atoms. The van der Waals surface area contributed by atoms with Gasteiger partial charge in [-0.1, -0.05) is 29.8 Å². The minimum Gasteiger partial charge on any atom is -0.475 e. The molecule has 14 heteroatoms. The van der Waals surface area contributed by atoms with E-state index in [4.69, 9.17) is 9.90 Å². The van der Waals surface area contributed by atoms with E-state index in [0.29, 0.717) is 36.6 Å². The molecular weight excluding hydrogens is 568 g/mol. The number of carboxylic acid groups (broad SMARTS) is 1. The molecule has 0 radical (unpaired) electrons. The maximum atomic E-state index is 13.3. The number of carbonyl (C=O) groups is 2. The zero-order valence-corrected chi connectivity index (χ0v) is 22.7. The predicted molar refractivity (Wildman–Crippen MR) is 145 cm³/mol. The summed E-state index contributed by atoms with van der Waals surface area (Å²) >= 11 is 0. The first-order valence-corrected chi connectivity index (χ1v) is 13.8. The van der Waals surface area contributed by atoms with Gasteiger partial charge in [-0.05, 0) is 55.0 Å². The normalized spacial score (nSPS) is 13.5. The summed E-state index contributed by atoms with van der Waals surface area (Å²) in [4.78, 5) is 23.8. The van der Waals surface area contributed by atoms with Crippen molar-refractivity contribution in [3.05, 3.63) is 89.2 Å². The number of amides is 1.